The van der Waals surface area contributed by atoms with E-state index < -0.39 is 0 Å². The van der Waals surface area contributed by atoms with E-state index in [1.165, 1.54) is 17.5 Å². The van der Waals surface area contributed by atoms with Crippen LogP contribution >= 0.6 is 15.9 Å². The number of halogens is 1. The Labute approximate surface area is 120 Å². The number of hydrogen-bond donors (Lipinski definition) is 2. The summed E-state index contributed by atoms with van der Waals surface area (Å²) >= 11 is 3.29. The van der Waals surface area contributed by atoms with Gasteiger partial charge in [0.2, 0.25) is 0 Å². The van der Waals surface area contributed by atoms with Crippen molar-refractivity contribution in [2.45, 2.75) is 25.4 Å². The minimum atomic E-state index is -0.223. The molecule has 7 heteroatoms. The molecule has 0 spiro atoms. The molecule has 0 saturated carbocycles. The number of likely N-dealkylation sites (N-methyl/N-ethyl adjacent to an activating group) is 1. The summed E-state index contributed by atoms with van der Waals surface area (Å²) in [5, 5.41) is 16.1. The van der Waals surface area contributed by atoms with Gasteiger partial charge in [0.05, 0.1) is 25.0 Å². The zero-order chi connectivity index (χ0) is 13.8. The molecule has 0 radical (unpaired) electrons. The fraction of sp³-hybridized carbons (Fsp3) is 0.667. The summed E-state index contributed by atoms with van der Waals surface area (Å²) in [5.74, 6) is 0. The Morgan fingerprint density at radius 3 is 3.05 bits per heavy atom. The summed E-state index contributed by atoms with van der Waals surface area (Å²) in [5.41, 5.74) is 0.485. The summed E-state index contributed by atoms with van der Waals surface area (Å²) in [6.07, 6.45) is 4.02. The maximum Gasteiger partial charge on any atom is 0.283 e. The standard InChI is InChI=1S/C12H19BrN4O2/c1-16-4-2-3-9(16)7-14-10-8-15-17(5-6-18)12(19)11(10)13/h8-9,14,18H,2-7H2,1H3. The van der Waals surface area contributed by atoms with E-state index in [0.717, 1.165) is 13.1 Å². The summed E-state index contributed by atoms with van der Waals surface area (Å²) < 4.78 is 1.72. The van der Waals surface area contributed by atoms with Crippen LogP contribution in [0.4, 0.5) is 5.69 Å². The lowest BCUT2D eigenvalue weighted by atomic mass is 10.2. The van der Waals surface area contributed by atoms with Crippen molar-refractivity contribution in [2.75, 3.05) is 32.1 Å². The van der Waals surface area contributed by atoms with Crippen LogP contribution in [0.25, 0.3) is 0 Å². The van der Waals surface area contributed by atoms with Crippen molar-refractivity contribution in [1.82, 2.24) is 14.7 Å². The third kappa shape index (κ3) is 3.34. The van der Waals surface area contributed by atoms with E-state index in [1.54, 1.807) is 6.20 Å². The number of nitrogens with zero attached hydrogens (tertiary/aromatic N) is 3. The monoisotopic (exact) mass is 330 g/mol. The Kier molecular flexibility index (Phi) is 4.95. The van der Waals surface area contributed by atoms with Crippen LogP contribution in [-0.4, -0.2) is 52.6 Å². The molecule has 106 valence electrons. The second kappa shape index (κ2) is 6.49. The number of aromatic nitrogens is 2. The van der Waals surface area contributed by atoms with Crippen LogP contribution in [0.15, 0.2) is 15.5 Å². The van der Waals surface area contributed by atoms with Crippen LogP contribution in [0.1, 0.15) is 12.8 Å². The van der Waals surface area contributed by atoms with Crippen molar-refractivity contribution in [2.24, 2.45) is 0 Å². The van der Waals surface area contributed by atoms with Crippen LogP contribution in [-0.2, 0) is 6.54 Å². The van der Waals surface area contributed by atoms with Gasteiger partial charge in [0.25, 0.3) is 5.56 Å². The molecule has 1 aromatic rings. The Morgan fingerprint density at radius 1 is 1.63 bits per heavy atom. The van der Waals surface area contributed by atoms with E-state index in [4.69, 9.17) is 5.11 Å². The van der Waals surface area contributed by atoms with Gasteiger partial charge in [0.1, 0.15) is 4.47 Å². The molecule has 0 aliphatic carbocycles. The van der Waals surface area contributed by atoms with Crippen LogP contribution < -0.4 is 10.9 Å². The number of anilines is 1. The number of likely N-dealkylation sites (tertiary alicyclic amines) is 1. The zero-order valence-electron chi connectivity index (χ0n) is 11.0. The first-order chi connectivity index (χ1) is 9.13. The molecule has 0 aromatic carbocycles. The molecule has 0 amide bonds. The highest BCUT2D eigenvalue weighted by Crippen LogP contribution is 2.19. The van der Waals surface area contributed by atoms with Gasteiger partial charge in [-0.05, 0) is 42.4 Å². The second-order valence-corrected chi connectivity index (χ2v) is 5.57. The summed E-state index contributed by atoms with van der Waals surface area (Å²) in [6, 6.07) is 0.506. The molecule has 2 heterocycles. The van der Waals surface area contributed by atoms with E-state index in [9.17, 15) is 4.79 Å². The van der Waals surface area contributed by atoms with Gasteiger partial charge in [-0.1, -0.05) is 0 Å². The minimum Gasteiger partial charge on any atom is -0.394 e. The molecule has 2 rings (SSSR count). The van der Waals surface area contributed by atoms with E-state index in [-0.39, 0.29) is 18.7 Å². The molecule has 2 N–H and O–H groups in total. The topological polar surface area (TPSA) is 70.4 Å². The molecule has 19 heavy (non-hydrogen) atoms. The molecular weight excluding hydrogens is 312 g/mol. The van der Waals surface area contributed by atoms with Gasteiger partial charge in [-0.3, -0.25) is 4.79 Å². The highest BCUT2D eigenvalue weighted by atomic mass is 79.9. The van der Waals surface area contributed by atoms with Gasteiger partial charge in [-0.2, -0.15) is 5.10 Å². The smallest absolute Gasteiger partial charge is 0.283 e. The third-order valence-electron chi connectivity index (χ3n) is 3.50. The average molecular weight is 331 g/mol. The van der Waals surface area contributed by atoms with Crippen LogP contribution in [0.5, 0.6) is 0 Å². The lowest BCUT2D eigenvalue weighted by Crippen LogP contribution is -2.32. The molecule has 1 fully saturated rings. The normalized spacial score (nSPS) is 19.8. The van der Waals surface area contributed by atoms with Gasteiger partial charge < -0.3 is 15.3 Å². The SMILES string of the molecule is CN1CCCC1CNc1cnn(CCO)c(=O)c1Br. The fourth-order valence-electron chi connectivity index (χ4n) is 2.31. The lowest BCUT2D eigenvalue weighted by Gasteiger charge is -2.20. The van der Waals surface area contributed by atoms with Gasteiger partial charge >= 0.3 is 0 Å². The highest BCUT2D eigenvalue weighted by molar-refractivity contribution is 9.10. The number of aliphatic hydroxyl groups is 1. The van der Waals surface area contributed by atoms with Crippen LogP contribution in [0.2, 0.25) is 0 Å². The average Bonchev–Trinajstić information content (AvgIpc) is 2.80. The number of rotatable bonds is 5. The molecular formula is C12H19BrN4O2. The van der Waals surface area contributed by atoms with E-state index in [1.807, 2.05) is 0 Å². The third-order valence-corrected chi connectivity index (χ3v) is 4.26. The van der Waals surface area contributed by atoms with Crippen molar-refractivity contribution >= 4 is 21.6 Å². The maximum atomic E-state index is 11.9. The minimum absolute atomic E-state index is 0.0982. The molecule has 1 aliphatic heterocycles. The van der Waals surface area contributed by atoms with Crippen molar-refractivity contribution in [3.63, 3.8) is 0 Å². The predicted octanol–water partition coefficient (Wildman–Crippen LogP) is 0.504. The Hall–Kier alpha value is -0.920. The summed E-state index contributed by atoms with van der Waals surface area (Å²) in [6.45, 7) is 2.05. The fourth-order valence-corrected chi connectivity index (χ4v) is 2.75. The van der Waals surface area contributed by atoms with Crippen molar-refractivity contribution in [3.05, 3.63) is 21.0 Å². The number of hydrogen-bond acceptors (Lipinski definition) is 5. The van der Waals surface area contributed by atoms with E-state index >= 15 is 0 Å². The van der Waals surface area contributed by atoms with Crippen LogP contribution in [0, 0.1) is 0 Å². The highest BCUT2D eigenvalue weighted by Gasteiger charge is 2.20. The van der Waals surface area contributed by atoms with E-state index in [2.05, 4.69) is 38.3 Å². The van der Waals surface area contributed by atoms with Gasteiger partial charge in [-0.15, -0.1) is 0 Å². The first-order valence-corrected chi connectivity index (χ1v) is 7.23. The molecule has 1 atom stereocenters. The molecule has 6 nitrogen and oxygen atoms in total. The molecule has 1 unspecified atom stereocenters. The van der Waals surface area contributed by atoms with E-state index in [0.29, 0.717) is 16.2 Å². The number of nitrogens with one attached hydrogen (secondary N) is 1. The first kappa shape index (κ1) is 14.5. The maximum absolute atomic E-state index is 11.9. The second-order valence-electron chi connectivity index (χ2n) is 4.78. The molecule has 1 saturated heterocycles. The van der Waals surface area contributed by atoms with Crippen molar-refractivity contribution < 1.29 is 5.11 Å². The largest absolute Gasteiger partial charge is 0.394 e. The Balaban J connectivity index is 2.04. The van der Waals surface area contributed by atoms with Gasteiger partial charge in [0, 0.05) is 12.6 Å². The predicted molar refractivity (Wildman–Crippen MR) is 77.4 cm³/mol. The van der Waals surface area contributed by atoms with Gasteiger partial charge in [-0.25, -0.2) is 4.68 Å². The van der Waals surface area contributed by atoms with Crippen molar-refractivity contribution in [1.29, 1.82) is 0 Å². The zero-order valence-corrected chi connectivity index (χ0v) is 12.6. The van der Waals surface area contributed by atoms with Crippen molar-refractivity contribution in [3.8, 4) is 0 Å². The van der Waals surface area contributed by atoms with Gasteiger partial charge in [0.15, 0.2) is 0 Å². The number of aliphatic hydroxyl groups excluding tert-OH is 1. The first-order valence-electron chi connectivity index (χ1n) is 6.44. The molecule has 1 aromatic heterocycles. The lowest BCUT2D eigenvalue weighted by molar-refractivity contribution is 0.266. The quantitative estimate of drug-likeness (QED) is 0.823. The Bertz CT molecular complexity index is 491. The summed E-state index contributed by atoms with van der Waals surface area (Å²) in [7, 11) is 2.12. The summed E-state index contributed by atoms with van der Waals surface area (Å²) in [4.78, 5) is 14.3. The molecule has 1 aliphatic rings. The molecule has 0 bridgehead atoms. The Morgan fingerprint density at radius 2 is 2.42 bits per heavy atom. The van der Waals surface area contributed by atoms with Crippen LogP contribution in [0.3, 0.4) is 0 Å².